The predicted octanol–water partition coefficient (Wildman–Crippen LogP) is 3.94. The van der Waals surface area contributed by atoms with Gasteiger partial charge in [0.15, 0.2) is 0 Å². The molecule has 0 aliphatic carbocycles. The molecular weight excluding hydrogens is 431 g/mol. The Labute approximate surface area is 168 Å². The standard InChI is InChI=1S/C19H16BrFN4OS/c20-17-6-5-16(27-17)11-25-12-22-18(23-19(25)26)24-9-7-14(8-10-24)13-1-3-15(21)4-2-13/h1-7,12H,8-11H2. The predicted molar refractivity (Wildman–Crippen MR) is 109 cm³/mol. The summed E-state index contributed by atoms with van der Waals surface area (Å²) in [5.41, 5.74) is 1.88. The first-order chi connectivity index (χ1) is 13.1. The first-order valence-corrected chi connectivity index (χ1v) is 10.1. The molecule has 138 valence electrons. The molecule has 0 bridgehead atoms. The van der Waals surface area contributed by atoms with Crippen LogP contribution in [0.4, 0.5) is 10.3 Å². The molecule has 8 heteroatoms. The van der Waals surface area contributed by atoms with E-state index >= 15 is 0 Å². The summed E-state index contributed by atoms with van der Waals surface area (Å²) in [7, 11) is 0. The van der Waals surface area contributed by atoms with Gasteiger partial charge in [-0.3, -0.25) is 4.57 Å². The minimum absolute atomic E-state index is 0.236. The molecule has 0 saturated heterocycles. The summed E-state index contributed by atoms with van der Waals surface area (Å²) in [6, 6.07) is 10.4. The molecule has 3 aromatic rings. The van der Waals surface area contributed by atoms with Crippen molar-refractivity contribution >= 4 is 38.8 Å². The van der Waals surface area contributed by atoms with Gasteiger partial charge in [-0.1, -0.05) is 18.2 Å². The maximum Gasteiger partial charge on any atom is 0.352 e. The topological polar surface area (TPSA) is 51.0 Å². The van der Waals surface area contributed by atoms with Crippen LogP contribution in [0.2, 0.25) is 0 Å². The first-order valence-electron chi connectivity index (χ1n) is 8.46. The fourth-order valence-electron chi connectivity index (χ4n) is 2.99. The van der Waals surface area contributed by atoms with E-state index in [-0.39, 0.29) is 11.5 Å². The van der Waals surface area contributed by atoms with Gasteiger partial charge in [0.1, 0.15) is 12.1 Å². The van der Waals surface area contributed by atoms with Gasteiger partial charge >= 0.3 is 5.69 Å². The second-order valence-corrected chi connectivity index (χ2v) is 8.75. The Morgan fingerprint density at radius 2 is 2.00 bits per heavy atom. The molecule has 0 atom stereocenters. The van der Waals surface area contributed by atoms with Crippen LogP contribution in [0.15, 0.2) is 57.4 Å². The Balaban J connectivity index is 1.47. The van der Waals surface area contributed by atoms with Crippen LogP contribution in [0.3, 0.4) is 0 Å². The van der Waals surface area contributed by atoms with E-state index in [1.807, 2.05) is 17.0 Å². The lowest BCUT2D eigenvalue weighted by molar-refractivity contribution is 0.627. The number of benzene rings is 1. The molecule has 0 fully saturated rings. The van der Waals surface area contributed by atoms with Crippen molar-refractivity contribution in [2.45, 2.75) is 13.0 Å². The van der Waals surface area contributed by atoms with Crippen LogP contribution >= 0.6 is 27.3 Å². The zero-order valence-corrected chi connectivity index (χ0v) is 16.7. The number of anilines is 1. The van der Waals surface area contributed by atoms with E-state index in [1.54, 1.807) is 29.8 Å². The summed E-state index contributed by atoms with van der Waals surface area (Å²) in [5.74, 6) is 0.207. The van der Waals surface area contributed by atoms with Gasteiger partial charge < -0.3 is 4.90 Å². The SMILES string of the molecule is O=c1nc(N2CC=C(c3ccc(F)cc3)CC2)ncn1Cc1ccc(Br)s1. The summed E-state index contributed by atoms with van der Waals surface area (Å²) >= 11 is 5.00. The average molecular weight is 447 g/mol. The third-order valence-corrected chi connectivity index (χ3v) is 6.02. The van der Waals surface area contributed by atoms with E-state index in [2.05, 4.69) is 32.0 Å². The van der Waals surface area contributed by atoms with Gasteiger partial charge in [0.25, 0.3) is 0 Å². The fraction of sp³-hybridized carbons (Fsp3) is 0.211. The number of nitrogens with zero attached hydrogens (tertiary/aromatic N) is 4. The lowest BCUT2D eigenvalue weighted by atomic mass is 10.00. The molecule has 1 aliphatic rings. The van der Waals surface area contributed by atoms with Gasteiger partial charge in [0.05, 0.1) is 10.3 Å². The van der Waals surface area contributed by atoms with Crippen molar-refractivity contribution in [3.8, 4) is 0 Å². The van der Waals surface area contributed by atoms with Gasteiger partial charge in [0.2, 0.25) is 5.95 Å². The molecule has 0 amide bonds. The molecule has 4 rings (SSSR count). The van der Waals surface area contributed by atoms with Crippen molar-refractivity contribution in [2.24, 2.45) is 0 Å². The molecule has 1 aliphatic heterocycles. The van der Waals surface area contributed by atoms with Gasteiger partial charge in [-0.15, -0.1) is 11.3 Å². The monoisotopic (exact) mass is 446 g/mol. The van der Waals surface area contributed by atoms with Gasteiger partial charge in [-0.05, 0) is 57.8 Å². The highest BCUT2D eigenvalue weighted by Gasteiger charge is 2.16. The number of hydrogen-bond donors (Lipinski definition) is 0. The fourth-order valence-corrected chi connectivity index (χ4v) is 4.47. The molecule has 0 radical (unpaired) electrons. The molecule has 3 heterocycles. The highest BCUT2D eigenvalue weighted by molar-refractivity contribution is 9.11. The van der Waals surface area contributed by atoms with Crippen molar-refractivity contribution in [3.63, 3.8) is 0 Å². The molecule has 0 N–H and O–H groups in total. The quantitative estimate of drug-likeness (QED) is 0.608. The number of thiophene rings is 1. The molecule has 27 heavy (non-hydrogen) atoms. The molecule has 0 saturated carbocycles. The van der Waals surface area contributed by atoms with Crippen molar-refractivity contribution in [1.29, 1.82) is 0 Å². The van der Waals surface area contributed by atoms with E-state index < -0.39 is 0 Å². The third-order valence-electron chi connectivity index (χ3n) is 4.42. The minimum atomic E-state index is -0.308. The van der Waals surface area contributed by atoms with Crippen molar-refractivity contribution in [3.05, 3.63) is 79.3 Å². The maximum atomic E-state index is 13.1. The lowest BCUT2D eigenvalue weighted by Gasteiger charge is -2.26. The summed E-state index contributed by atoms with van der Waals surface area (Å²) < 4.78 is 15.6. The highest BCUT2D eigenvalue weighted by atomic mass is 79.9. The molecule has 2 aromatic heterocycles. The van der Waals surface area contributed by atoms with E-state index in [1.165, 1.54) is 22.3 Å². The minimum Gasteiger partial charge on any atom is -0.337 e. The van der Waals surface area contributed by atoms with Crippen molar-refractivity contribution in [1.82, 2.24) is 14.5 Å². The summed E-state index contributed by atoms with van der Waals surface area (Å²) in [4.78, 5) is 23.9. The van der Waals surface area contributed by atoms with Crippen LogP contribution in [0, 0.1) is 5.82 Å². The Morgan fingerprint density at radius 3 is 2.63 bits per heavy atom. The van der Waals surface area contributed by atoms with Gasteiger partial charge in [-0.25, -0.2) is 14.2 Å². The maximum absolute atomic E-state index is 13.1. The summed E-state index contributed by atoms with van der Waals surface area (Å²) in [5, 5.41) is 0. The highest BCUT2D eigenvalue weighted by Crippen LogP contribution is 2.24. The van der Waals surface area contributed by atoms with E-state index in [0.717, 1.165) is 20.6 Å². The molecule has 0 spiro atoms. The lowest BCUT2D eigenvalue weighted by Crippen LogP contribution is -2.33. The van der Waals surface area contributed by atoms with Gasteiger partial charge in [-0.2, -0.15) is 4.98 Å². The Kier molecular flexibility index (Phi) is 5.18. The van der Waals surface area contributed by atoms with Crippen LogP contribution < -0.4 is 10.6 Å². The summed E-state index contributed by atoms with van der Waals surface area (Å²) in [6.07, 6.45) is 4.42. The number of halogens is 2. The zero-order chi connectivity index (χ0) is 18.8. The normalized spacial score (nSPS) is 14.3. The smallest absolute Gasteiger partial charge is 0.337 e. The second-order valence-electron chi connectivity index (χ2n) is 6.20. The molecular formula is C19H16BrFN4OS. The number of hydrogen-bond acceptors (Lipinski definition) is 5. The number of aromatic nitrogens is 3. The Morgan fingerprint density at radius 1 is 1.19 bits per heavy atom. The molecule has 5 nitrogen and oxygen atoms in total. The van der Waals surface area contributed by atoms with Crippen LogP contribution in [0.1, 0.15) is 16.9 Å². The van der Waals surface area contributed by atoms with Crippen LogP contribution in [0.25, 0.3) is 5.57 Å². The Hall–Kier alpha value is -2.32. The van der Waals surface area contributed by atoms with Crippen LogP contribution in [0.5, 0.6) is 0 Å². The van der Waals surface area contributed by atoms with Crippen molar-refractivity contribution in [2.75, 3.05) is 18.0 Å². The van der Waals surface area contributed by atoms with E-state index in [0.29, 0.717) is 25.6 Å². The third kappa shape index (κ3) is 4.17. The van der Waals surface area contributed by atoms with E-state index in [4.69, 9.17) is 0 Å². The number of rotatable bonds is 4. The van der Waals surface area contributed by atoms with Gasteiger partial charge in [0, 0.05) is 18.0 Å². The van der Waals surface area contributed by atoms with Crippen LogP contribution in [-0.4, -0.2) is 27.6 Å². The van der Waals surface area contributed by atoms with Crippen LogP contribution in [-0.2, 0) is 6.54 Å². The molecule has 1 aromatic carbocycles. The van der Waals surface area contributed by atoms with Crippen molar-refractivity contribution < 1.29 is 4.39 Å². The Bertz CT molecular complexity index is 1040. The van der Waals surface area contributed by atoms with E-state index in [9.17, 15) is 9.18 Å². The largest absolute Gasteiger partial charge is 0.352 e. The summed E-state index contributed by atoms with van der Waals surface area (Å²) in [6.45, 7) is 1.79. The molecule has 0 unspecified atom stereocenters. The second kappa shape index (κ2) is 7.74. The average Bonchev–Trinajstić information content (AvgIpc) is 3.09. The first kappa shape index (κ1) is 18.1. The zero-order valence-electron chi connectivity index (χ0n) is 14.3.